The summed E-state index contributed by atoms with van der Waals surface area (Å²) < 4.78 is 4.86. The van der Waals surface area contributed by atoms with Gasteiger partial charge in [0.05, 0.1) is 7.11 Å². The molecule has 1 atom stereocenters. The number of Topliss-reactive ketones (excluding diaryl/α,β-unsaturated/α-hetero) is 1. The molecule has 14 heavy (non-hydrogen) atoms. The fourth-order valence-electron chi connectivity index (χ4n) is 0.884. The summed E-state index contributed by atoms with van der Waals surface area (Å²) in [6, 6.07) is 0. The van der Waals surface area contributed by atoms with Gasteiger partial charge in [-0.2, -0.15) is 0 Å². The van der Waals surface area contributed by atoms with E-state index in [0.717, 1.165) is 5.57 Å². The van der Waals surface area contributed by atoms with Gasteiger partial charge in [-0.15, -0.1) is 0 Å². The number of ketones is 1. The van der Waals surface area contributed by atoms with Crippen molar-refractivity contribution in [1.29, 1.82) is 0 Å². The number of rotatable bonds is 6. The molecule has 1 unspecified atom stereocenters. The quantitative estimate of drug-likeness (QED) is 0.480. The highest BCUT2D eigenvalue weighted by Crippen LogP contribution is 2.12. The van der Waals surface area contributed by atoms with Gasteiger partial charge in [-0.05, 0) is 19.4 Å². The third-order valence-electron chi connectivity index (χ3n) is 2.03. The third-order valence-corrected chi connectivity index (χ3v) is 2.03. The van der Waals surface area contributed by atoms with E-state index in [2.05, 4.69) is 13.2 Å². The molecule has 78 valence electrons. The maximum Gasteiger partial charge on any atom is 0.132 e. The van der Waals surface area contributed by atoms with Crippen LogP contribution in [-0.4, -0.2) is 12.9 Å². The maximum atomic E-state index is 11.0. The summed E-state index contributed by atoms with van der Waals surface area (Å²) >= 11 is 0. The highest BCUT2D eigenvalue weighted by atomic mass is 16.5. The molecule has 0 aromatic heterocycles. The van der Waals surface area contributed by atoms with Crippen LogP contribution in [0.15, 0.2) is 36.6 Å². The molecule has 0 rings (SSSR count). The molecule has 0 fully saturated rings. The van der Waals surface area contributed by atoms with E-state index in [1.807, 2.05) is 13.0 Å². The van der Waals surface area contributed by atoms with Gasteiger partial charge in [0.15, 0.2) is 0 Å². The predicted molar refractivity (Wildman–Crippen MR) is 58.9 cm³/mol. The molecule has 0 aliphatic carbocycles. The summed E-state index contributed by atoms with van der Waals surface area (Å²) in [4.78, 5) is 11.0. The minimum atomic E-state index is 0.0305. The third kappa shape index (κ3) is 5.36. The molecule has 0 saturated carbocycles. The summed E-state index contributed by atoms with van der Waals surface area (Å²) in [5, 5.41) is 0. The Kier molecular flexibility index (Phi) is 5.61. The zero-order chi connectivity index (χ0) is 11.1. The second kappa shape index (κ2) is 6.19. The summed E-state index contributed by atoms with van der Waals surface area (Å²) in [5.41, 5.74) is 0.908. The first-order chi connectivity index (χ1) is 6.47. The molecule has 0 bridgehead atoms. The normalized spacial score (nSPS) is 12.5. The van der Waals surface area contributed by atoms with Crippen molar-refractivity contribution in [2.75, 3.05) is 7.11 Å². The van der Waals surface area contributed by atoms with Crippen molar-refractivity contribution in [2.45, 2.75) is 20.3 Å². The molecule has 0 radical (unpaired) electrons. The topological polar surface area (TPSA) is 26.3 Å². The van der Waals surface area contributed by atoms with E-state index in [4.69, 9.17) is 4.74 Å². The van der Waals surface area contributed by atoms with E-state index in [-0.39, 0.29) is 11.7 Å². The molecule has 0 amide bonds. The fraction of sp³-hybridized carbons (Fsp3) is 0.417. The van der Waals surface area contributed by atoms with Gasteiger partial charge in [-0.25, -0.2) is 0 Å². The Morgan fingerprint density at radius 1 is 1.43 bits per heavy atom. The molecule has 0 heterocycles. The fourth-order valence-corrected chi connectivity index (χ4v) is 0.884. The SMILES string of the molecule is C=C(C=CC(=C)OC)CC(C)C(C)=O. The van der Waals surface area contributed by atoms with Gasteiger partial charge in [0.2, 0.25) is 0 Å². The molecule has 0 aromatic rings. The average Bonchev–Trinajstić information content (AvgIpc) is 2.13. The highest BCUT2D eigenvalue weighted by Gasteiger charge is 2.07. The second-order valence-electron chi connectivity index (χ2n) is 3.38. The predicted octanol–water partition coefficient (Wildman–Crippen LogP) is 2.87. The van der Waals surface area contributed by atoms with Crippen molar-refractivity contribution in [2.24, 2.45) is 5.92 Å². The summed E-state index contributed by atoms with van der Waals surface area (Å²) in [5.74, 6) is 0.801. The minimum absolute atomic E-state index is 0.0305. The smallest absolute Gasteiger partial charge is 0.132 e. The van der Waals surface area contributed by atoms with Crippen LogP contribution in [0, 0.1) is 5.92 Å². The van der Waals surface area contributed by atoms with Gasteiger partial charge in [0.1, 0.15) is 11.5 Å². The molecule has 0 saturated heterocycles. The number of hydrogen-bond donors (Lipinski definition) is 0. The average molecular weight is 194 g/mol. The van der Waals surface area contributed by atoms with Crippen LogP contribution in [0.5, 0.6) is 0 Å². The van der Waals surface area contributed by atoms with Crippen LogP contribution in [0.25, 0.3) is 0 Å². The molecule has 2 heteroatoms. The van der Waals surface area contributed by atoms with Crippen molar-refractivity contribution in [3.63, 3.8) is 0 Å². The largest absolute Gasteiger partial charge is 0.497 e. The highest BCUT2D eigenvalue weighted by molar-refractivity contribution is 5.78. The zero-order valence-electron chi connectivity index (χ0n) is 9.17. The van der Waals surface area contributed by atoms with Gasteiger partial charge in [0, 0.05) is 5.92 Å². The molecular formula is C12H18O2. The number of ether oxygens (including phenoxy) is 1. The number of carbonyl (C=O) groups is 1. The molecule has 0 aromatic carbocycles. The van der Waals surface area contributed by atoms with Crippen LogP contribution in [0.1, 0.15) is 20.3 Å². The molecule has 0 aliphatic rings. The van der Waals surface area contributed by atoms with Gasteiger partial charge < -0.3 is 4.74 Å². The number of allylic oxidation sites excluding steroid dienone is 3. The standard InChI is InChI=1S/C12H18O2/c1-9(6-7-11(3)14-5)8-10(2)12(4)13/h6-7,10H,1,3,8H2,2,4-5H3. The molecule has 0 N–H and O–H groups in total. The van der Waals surface area contributed by atoms with E-state index in [1.165, 1.54) is 0 Å². The van der Waals surface area contributed by atoms with Crippen LogP contribution >= 0.6 is 0 Å². The van der Waals surface area contributed by atoms with Crippen LogP contribution in [-0.2, 0) is 9.53 Å². The number of methoxy groups -OCH3 is 1. The number of carbonyl (C=O) groups excluding carboxylic acids is 1. The first kappa shape index (κ1) is 12.7. The van der Waals surface area contributed by atoms with Crippen molar-refractivity contribution in [3.8, 4) is 0 Å². The Bertz CT molecular complexity index is 261. The summed E-state index contributed by atoms with van der Waals surface area (Å²) in [6.45, 7) is 11.0. The van der Waals surface area contributed by atoms with Crippen molar-refractivity contribution < 1.29 is 9.53 Å². The Morgan fingerprint density at radius 2 is 2.00 bits per heavy atom. The van der Waals surface area contributed by atoms with E-state index < -0.39 is 0 Å². The maximum absolute atomic E-state index is 11.0. The Hall–Kier alpha value is -1.31. The van der Waals surface area contributed by atoms with Gasteiger partial charge in [-0.3, -0.25) is 4.79 Å². The lowest BCUT2D eigenvalue weighted by Gasteiger charge is -2.06. The minimum Gasteiger partial charge on any atom is -0.497 e. The van der Waals surface area contributed by atoms with Gasteiger partial charge in [0.25, 0.3) is 0 Å². The number of hydrogen-bond acceptors (Lipinski definition) is 2. The molecule has 0 aliphatic heterocycles. The van der Waals surface area contributed by atoms with Gasteiger partial charge >= 0.3 is 0 Å². The lowest BCUT2D eigenvalue weighted by molar-refractivity contribution is -0.120. The zero-order valence-corrected chi connectivity index (χ0v) is 9.17. The second-order valence-corrected chi connectivity index (χ2v) is 3.38. The van der Waals surface area contributed by atoms with Crippen molar-refractivity contribution in [3.05, 3.63) is 36.6 Å². The van der Waals surface area contributed by atoms with E-state index in [9.17, 15) is 4.79 Å². The Labute approximate surface area is 86.0 Å². The molecule has 0 spiro atoms. The van der Waals surface area contributed by atoms with Crippen molar-refractivity contribution in [1.82, 2.24) is 0 Å². The van der Waals surface area contributed by atoms with E-state index in [0.29, 0.717) is 12.2 Å². The lowest BCUT2D eigenvalue weighted by Crippen LogP contribution is -2.06. The van der Waals surface area contributed by atoms with E-state index >= 15 is 0 Å². The molecular weight excluding hydrogens is 176 g/mol. The van der Waals surface area contributed by atoms with Crippen LogP contribution in [0.2, 0.25) is 0 Å². The molecule has 2 nitrogen and oxygen atoms in total. The Balaban J connectivity index is 4.05. The van der Waals surface area contributed by atoms with Gasteiger partial charge in [-0.1, -0.05) is 31.7 Å². The summed E-state index contributed by atoms with van der Waals surface area (Å²) in [6.07, 6.45) is 4.25. The lowest BCUT2D eigenvalue weighted by atomic mass is 9.98. The monoisotopic (exact) mass is 194 g/mol. The van der Waals surface area contributed by atoms with Crippen LogP contribution < -0.4 is 0 Å². The van der Waals surface area contributed by atoms with Crippen molar-refractivity contribution >= 4 is 5.78 Å². The Morgan fingerprint density at radius 3 is 2.43 bits per heavy atom. The van der Waals surface area contributed by atoms with Crippen LogP contribution in [0.4, 0.5) is 0 Å². The first-order valence-corrected chi connectivity index (χ1v) is 4.56. The van der Waals surface area contributed by atoms with Crippen LogP contribution in [0.3, 0.4) is 0 Å². The van der Waals surface area contributed by atoms with E-state index in [1.54, 1.807) is 20.1 Å². The first-order valence-electron chi connectivity index (χ1n) is 4.56. The summed E-state index contributed by atoms with van der Waals surface area (Å²) in [7, 11) is 1.56.